The first-order valence-corrected chi connectivity index (χ1v) is 28.5. The minimum atomic E-state index is -2.83. The monoisotopic (exact) mass is 997 g/mol. The minimum Gasteiger partial charge on any atom is -0.454 e. The highest BCUT2D eigenvalue weighted by Crippen LogP contribution is 2.46. The lowest BCUT2D eigenvalue weighted by atomic mass is 9.97. The Morgan fingerprint density at radius 1 is 0.273 bits per heavy atom. The molecule has 16 rings (SSSR count). The highest BCUT2D eigenvalue weighted by Gasteiger charge is 2.41. The van der Waals surface area contributed by atoms with Gasteiger partial charge in [-0.05, 0) is 87.0 Å². The van der Waals surface area contributed by atoms with E-state index in [9.17, 15) is 0 Å². The van der Waals surface area contributed by atoms with Crippen molar-refractivity contribution >= 4 is 116 Å². The molecule has 12 aromatic carbocycles. The topological polar surface area (TPSA) is 27.9 Å². The lowest BCUT2D eigenvalue weighted by Crippen LogP contribution is -2.74. The van der Waals surface area contributed by atoms with Gasteiger partial charge < -0.3 is 18.1 Å². The number of furan rings is 1. The molecule has 0 fully saturated rings. The van der Waals surface area contributed by atoms with Gasteiger partial charge in [0.2, 0.25) is 0 Å². The van der Waals surface area contributed by atoms with Crippen LogP contribution in [0.2, 0.25) is 0 Å². The van der Waals surface area contributed by atoms with Gasteiger partial charge in [0, 0.05) is 54.3 Å². The third-order valence-corrected chi connectivity index (χ3v) is 21.2. The summed E-state index contributed by atoms with van der Waals surface area (Å²) in [5.74, 6) is 0. The zero-order valence-corrected chi connectivity index (χ0v) is 42.9. The summed E-state index contributed by atoms with van der Waals surface area (Å²) >= 11 is 0. The molecule has 0 amide bonds. The Kier molecular flexibility index (Phi) is 9.62. The second-order valence-electron chi connectivity index (χ2n) is 20.3. The standard InChI is InChI=1S/C72H47N3OSi/c1-4-24-49(25-5-1)77(50-26-6-2-7-27-50,51-28-8-3-9-29-51)52-30-18-23-48(47-52)73-64-42-17-13-34-59(64)70-65(73)43-22-44-66(70)75-63-41-16-12-33-55(63)57-36-19-37-58(71(57)75)56-35-21-46-68-69(56)60-38-20-45-67(72(60)76-68)74-61-39-14-10-31-53(61)54-32-11-15-40-62(54)74/h1-47H. The van der Waals surface area contributed by atoms with E-state index in [2.05, 4.69) is 299 Å². The van der Waals surface area contributed by atoms with Gasteiger partial charge in [-0.3, -0.25) is 0 Å². The molecule has 4 heterocycles. The summed E-state index contributed by atoms with van der Waals surface area (Å²) in [7, 11) is -2.83. The first-order chi connectivity index (χ1) is 38.3. The first-order valence-electron chi connectivity index (χ1n) is 26.5. The molecule has 0 aliphatic heterocycles. The van der Waals surface area contributed by atoms with Crippen LogP contribution >= 0.6 is 0 Å². The molecule has 360 valence electrons. The molecule has 0 unspecified atom stereocenters. The molecule has 77 heavy (non-hydrogen) atoms. The zero-order chi connectivity index (χ0) is 50.6. The normalized spacial score (nSPS) is 12.2. The Morgan fingerprint density at radius 2 is 0.714 bits per heavy atom. The van der Waals surface area contributed by atoms with Crippen molar-refractivity contribution in [3.63, 3.8) is 0 Å². The van der Waals surface area contributed by atoms with Crippen LogP contribution in [0, 0.1) is 0 Å². The van der Waals surface area contributed by atoms with E-state index in [1.54, 1.807) is 0 Å². The van der Waals surface area contributed by atoms with E-state index >= 15 is 0 Å². The van der Waals surface area contributed by atoms with Gasteiger partial charge in [0.25, 0.3) is 0 Å². The highest BCUT2D eigenvalue weighted by atomic mass is 28.3. The van der Waals surface area contributed by atoms with Crippen molar-refractivity contribution in [2.75, 3.05) is 0 Å². The van der Waals surface area contributed by atoms with E-state index in [0.717, 1.165) is 83.2 Å². The molecular weight excluding hydrogens is 951 g/mol. The maximum atomic E-state index is 7.08. The van der Waals surface area contributed by atoms with Gasteiger partial charge in [-0.2, -0.15) is 0 Å². The van der Waals surface area contributed by atoms with Crippen molar-refractivity contribution in [1.29, 1.82) is 0 Å². The fourth-order valence-corrected chi connectivity index (χ4v) is 18.1. The van der Waals surface area contributed by atoms with Gasteiger partial charge in [-0.15, -0.1) is 0 Å². The predicted octanol–water partition coefficient (Wildman–Crippen LogP) is 15.9. The van der Waals surface area contributed by atoms with Crippen molar-refractivity contribution in [2.45, 2.75) is 0 Å². The number of aromatic nitrogens is 3. The molecule has 0 radical (unpaired) electrons. The van der Waals surface area contributed by atoms with Crippen molar-refractivity contribution in [3.05, 3.63) is 285 Å². The van der Waals surface area contributed by atoms with Crippen molar-refractivity contribution in [1.82, 2.24) is 13.7 Å². The van der Waals surface area contributed by atoms with Gasteiger partial charge >= 0.3 is 0 Å². The molecule has 5 heteroatoms. The van der Waals surface area contributed by atoms with Gasteiger partial charge in [0.05, 0.1) is 44.5 Å². The number of nitrogens with zero attached hydrogens (tertiary/aromatic N) is 3. The van der Waals surface area contributed by atoms with Crippen LogP contribution < -0.4 is 20.7 Å². The van der Waals surface area contributed by atoms with Crippen LogP contribution in [0.3, 0.4) is 0 Å². The van der Waals surface area contributed by atoms with Gasteiger partial charge in [0.1, 0.15) is 5.58 Å². The largest absolute Gasteiger partial charge is 0.454 e. The van der Waals surface area contributed by atoms with Gasteiger partial charge in [-0.1, -0.05) is 224 Å². The molecular formula is C72H47N3OSi. The molecule has 16 aromatic rings. The Morgan fingerprint density at radius 3 is 1.36 bits per heavy atom. The fraction of sp³-hybridized carbons (Fsp3) is 0. The van der Waals surface area contributed by atoms with E-state index < -0.39 is 8.07 Å². The third-order valence-electron chi connectivity index (χ3n) is 16.4. The molecule has 0 saturated heterocycles. The Balaban J connectivity index is 0.944. The number of benzene rings is 12. The quantitative estimate of drug-likeness (QED) is 0.110. The Labute approximate surface area is 445 Å². The van der Waals surface area contributed by atoms with Crippen LogP contribution in [0.5, 0.6) is 0 Å². The summed E-state index contributed by atoms with van der Waals surface area (Å²) < 4.78 is 14.5. The number of rotatable bonds is 8. The smallest absolute Gasteiger partial charge is 0.179 e. The molecule has 0 saturated carbocycles. The van der Waals surface area contributed by atoms with Gasteiger partial charge in [-0.25, -0.2) is 0 Å². The second-order valence-corrected chi connectivity index (χ2v) is 24.1. The van der Waals surface area contributed by atoms with Gasteiger partial charge in [0.15, 0.2) is 13.7 Å². The molecule has 0 N–H and O–H groups in total. The van der Waals surface area contributed by atoms with Crippen LogP contribution in [0.25, 0.3) is 116 Å². The SMILES string of the molecule is c1ccc([Si](c2ccccc2)(c2ccccc2)c2cccc(-n3c4ccccc4c4c(-n5c6ccccc6c6cccc(-c7cccc8oc9c(-n%10c%11ccccc%11c%11ccccc%11%10)cccc9c78)c65)cccc43)c2)cc1. The maximum Gasteiger partial charge on any atom is 0.179 e. The summed E-state index contributed by atoms with van der Waals surface area (Å²) in [6.07, 6.45) is 0. The van der Waals surface area contributed by atoms with E-state index in [0.29, 0.717) is 0 Å². The molecule has 4 nitrogen and oxygen atoms in total. The molecule has 0 atom stereocenters. The minimum absolute atomic E-state index is 0.858. The third kappa shape index (κ3) is 6.26. The Bertz CT molecular complexity index is 4840. The van der Waals surface area contributed by atoms with Crippen LogP contribution in [-0.2, 0) is 0 Å². The number of fused-ring (bicyclic) bond motifs is 12. The summed E-state index contributed by atoms with van der Waals surface area (Å²) in [5.41, 5.74) is 14.2. The summed E-state index contributed by atoms with van der Waals surface area (Å²) in [6, 6.07) is 105. The van der Waals surface area contributed by atoms with Crippen LogP contribution in [0.1, 0.15) is 0 Å². The maximum absolute atomic E-state index is 7.08. The molecule has 0 aliphatic rings. The van der Waals surface area contributed by atoms with E-state index in [1.165, 1.54) is 53.1 Å². The molecule has 0 aliphatic carbocycles. The Hall–Kier alpha value is -9.94. The lowest BCUT2D eigenvalue weighted by Gasteiger charge is -2.34. The molecule has 0 spiro atoms. The average Bonchev–Trinajstić information content (AvgIpc) is 4.27. The second kappa shape index (κ2) is 17.0. The van der Waals surface area contributed by atoms with Crippen LogP contribution in [0.15, 0.2) is 290 Å². The lowest BCUT2D eigenvalue weighted by molar-refractivity contribution is 0.666. The van der Waals surface area contributed by atoms with E-state index in [1.807, 2.05) is 0 Å². The molecule has 4 aromatic heterocycles. The summed E-state index contributed by atoms with van der Waals surface area (Å²) in [4.78, 5) is 0. The van der Waals surface area contributed by atoms with Crippen molar-refractivity contribution in [3.8, 4) is 28.2 Å². The van der Waals surface area contributed by atoms with Crippen LogP contribution in [-0.4, -0.2) is 21.8 Å². The molecule has 0 bridgehead atoms. The first kappa shape index (κ1) is 43.5. The zero-order valence-electron chi connectivity index (χ0n) is 41.9. The van der Waals surface area contributed by atoms with Crippen LogP contribution in [0.4, 0.5) is 0 Å². The predicted molar refractivity (Wildman–Crippen MR) is 326 cm³/mol. The number of hydrogen-bond acceptors (Lipinski definition) is 1. The average molecular weight is 998 g/mol. The van der Waals surface area contributed by atoms with Crippen molar-refractivity contribution < 1.29 is 4.42 Å². The number of para-hydroxylation sites is 6. The van der Waals surface area contributed by atoms with Crippen molar-refractivity contribution in [2.24, 2.45) is 0 Å². The number of hydrogen-bond donors (Lipinski definition) is 0. The summed E-state index contributed by atoms with van der Waals surface area (Å²) in [5, 5.41) is 14.8. The van der Waals surface area contributed by atoms with E-state index in [4.69, 9.17) is 4.42 Å². The van der Waals surface area contributed by atoms with E-state index in [-0.39, 0.29) is 0 Å². The highest BCUT2D eigenvalue weighted by molar-refractivity contribution is 7.19. The fourth-order valence-electron chi connectivity index (χ4n) is 13.3. The summed E-state index contributed by atoms with van der Waals surface area (Å²) in [6.45, 7) is 0.